The Hall–Kier alpha value is -2.63. The van der Waals surface area contributed by atoms with Crippen LogP contribution in [-0.2, 0) is 19.6 Å². The highest BCUT2D eigenvalue weighted by Crippen LogP contribution is 2.32. The van der Waals surface area contributed by atoms with E-state index in [4.69, 9.17) is 9.15 Å². The maximum absolute atomic E-state index is 12.5. The van der Waals surface area contributed by atoms with Gasteiger partial charge in [-0.2, -0.15) is 21.6 Å². The average Bonchev–Trinajstić information content (AvgIpc) is 2.98. The number of aryl methyl sites for hydroxylation is 1. The first-order valence-electron chi connectivity index (χ1n) is 7.60. The van der Waals surface area contributed by atoms with Gasteiger partial charge in [0.15, 0.2) is 0 Å². The second-order valence-corrected chi connectivity index (χ2v) is 6.81. The first-order chi connectivity index (χ1) is 12.5. The van der Waals surface area contributed by atoms with E-state index in [1.54, 1.807) is 6.92 Å². The zero-order valence-corrected chi connectivity index (χ0v) is 15.0. The lowest BCUT2D eigenvalue weighted by atomic mass is 9.95. The van der Waals surface area contributed by atoms with E-state index in [0.717, 1.165) is 12.1 Å². The number of ether oxygens (including phenoxy) is 1. The predicted octanol–water partition coefficient (Wildman–Crippen LogP) is 2.69. The molecule has 1 heterocycles. The second-order valence-electron chi connectivity index (χ2n) is 5.28. The molecule has 0 saturated carbocycles. The summed E-state index contributed by atoms with van der Waals surface area (Å²) in [6.07, 6.45) is -0.245. The van der Waals surface area contributed by atoms with Gasteiger partial charge in [0.05, 0.1) is 18.9 Å². The van der Waals surface area contributed by atoms with Crippen molar-refractivity contribution in [1.82, 2.24) is 10.2 Å². The summed E-state index contributed by atoms with van der Waals surface area (Å²) in [6.45, 7) is 3.26. The molecule has 1 aromatic carbocycles. The molecule has 0 fully saturated rings. The fraction of sp³-hybridized carbons (Fsp3) is 0.400. The second kappa shape index (κ2) is 7.94. The van der Waals surface area contributed by atoms with E-state index in [-0.39, 0.29) is 30.4 Å². The van der Waals surface area contributed by atoms with Crippen LogP contribution < -0.4 is 4.18 Å². The number of carbonyl (C=O) groups excluding carboxylic acids is 1. The van der Waals surface area contributed by atoms with E-state index >= 15 is 0 Å². The van der Waals surface area contributed by atoms with Crippen molar-refractivity contribution in [1.29, 1.82) is 0 Å². The van der Waals surface area contributed by atoms with Crippen LogP contribution >= 0.6 is 0 Å². The van der Waals surface area contributed by atoms with E-state index < -0.39 is 33.3 Å². The van der Waals surface area contributed by atoms with E-state index in [1.807, 2.05) is 0 Å². The van der Waals surface area contributed by atoms with Gasteiger partial charge in [0.1, 0.15) is 5.75 Å². The normalized spacial score (nSPS) is 13.2. The highest BCUT2D eigenvalue weighted by Gasteiger charge is 2.48. The molecule has 0 N–H and O–H groups in total. The number of benzene rings is 1. The van der Waals surface area contributed by atoms with Gasteiger partial charge in [0.25, 0.3) is 0 Å². The largest absolute Gasteiger partial charge is 0.534 e. The van der Waals surface area contributed by atoms with E-state index in [9.17, 15) is 26.4 Å². The summed E-state index contributed by atoms with van der Waals surface area (Å²) in [7, 11) is -5.83. The lowest BCUT2D eigenvalue weighted by Gasteiger charge is -2.15. The number of esters is 1. The Morgan fingerprint density at radius 3 is 2.56 bits per heavy atom. The smallest absolute Gasteiger partial charge is 0.466 e. The minimum absolute atomic E-state index is 0.0244. The van der Waals surface area contributed by atoms with Crippen molar-refractivity contribution in [2.45, 2.75) is 31.7 Å². The maximum atomic E-state index is 12.5. The lowest BCUT2D eigenvalue weighted by molar-refractivity contribution is -0.143. The monoisotopic (exact) mass is 408 g/mol. The predicted molar refractivity (Wildman–Crippen MR) is 84.2 cm³/mol. The van der Waals surface area contributed by atoms with Gasteiger partial charge in [0, 0.05) is 6.92 Å². The van der Waals surface area contributed by atoms with Crippen molar-refractivity contribution in [2.75, 3.05) is 6.61 Å². The van der Waals surface area contributed by atoms with Crippen molar-refractivity contribution in [3.05, 3.63) is 41.6 Å². The number of alkyl halides is 3. The first kappa shape index (κ1) is 20.7. The Bertz CT molecular complexity index is 910. The minimum atomic E-state index is -5.83. The molecule has 1 aromatic heterocycles. The zero-order valence-electron chi connectivity index (χ0n) is 14.2. The summed E-state index contributed by atoms with van der Waals surface area (Å²) >= 11 is 0. The number of nitrogens with zero attached hydrogens (tertiary/aromatic N) is 2. The molecule has 0 spiro atoms. The van der Waals surface area contributed by atoms with Crippen LogP contribution in [0.5, 0.6) is 5.75 Å². The molecule has 0 saturated heterocycles. The number of aromatic nitrogens is 2. The molecule has 27 heavy (non-hydrogen) atoms. The zero-order chi connectivity index (χ0) is 20.2. The minimum Gasteiger partial charge on any atom is -0.466 e. The molecule has 148 valence electrons. The molecular weight excluding hydrogens is 393 g/mol. The van der Waals surface area contributed by atoms with Crippen molar-refractivity contribution in [3.63, 3.8) is 0 Å². The van der Waals surface area contributed by atoms with Crippen LogP contribution in [-0.4, -0.2) is 36.7 Å². The molecular formula is C15H15F3N2O6S. The molecule has 1 unspecified atom stereocenters. The van der Waals surface area contributed by atoms with Crippen LogP contribution in [0.4, 0.5) is 13.2 Å². The molecule has 8 nitrogen and oxygen atoms in total. The SMILES string of the molecule is CCOC(=O)CC(c1cccc(OS(=O)(=O)C(F)(F)F)c1)c1nnc(C)o1. The van der Waals surface area contributed by atoms with E-state index in [2.05, 4.69) is 14.4 Å². The summed E-state index contributed by atoms with van der Waals surface area (Å²) in [5.41, 5.74) is -5.33. The van der Waals surface area contributed by atoms with Gasteiger partial charge in [-0.25, -0.2) is 0 Å². The molecule has 0 aliphatic rings. The van der Waals surface area contributed by atoms with Crippen LogP contribution in [0.1, 0.15) is 36.6 Å². The third kappa shape index (κ3) is 5.18. The Balaban J connectivity index is 2.37. The van der Waals surface area contributed by atoms with Crippen LogP contribution in [0, 0.1) is 6.92 Å². The summed E-state index contributed by atoms with van der Waals surface area (Å²) in [5.74, 6) is -1.80. The van der Waals surface area contributed by atoms with Crippen molar-refractivity contribution >= 4 is 16.1 Å². The molecule has 0 amide bonds. The van der Waals surface area contributed by atoms with Crippen LogP contribution in [0.25, 0.3) is 0 Å². The standard InChI is InChI=1S/C15H15F3N2O6S/c1-3-24-13(21)8-12(14-20-19-9(2)25-14)10-5-4-6-11(7-10)26-27(22,23)15(16,17)18/h4-7,12H,3,8H2,1-2H3. The summed E-state index contributed by atoms with van der Waals surface area (Å²) in [4.78, 5) is 11.9. The Labute approximate surface area is 152 Å². The molecule has 1 atom stereocenters. The lowest BCUT2D eigenvalue weighted by Crippen LogP contribution is -2.28. The molecule has 0 aliphatic heterocycles. The van der Waals surface area contributed by atoms with Crippen LogP contribution in [0.2, 0.25) is 0 Å². The molecule has 0 bridgehead atoms. The number of hydrogen-bond donors (Lipinski definition) is 0. The first-order valence-corrected chi connectivity index (χ1v) is 9.00. The quantitative estimate of drug-likeness (QED) is 0.391. The molecule has 0 aliphatic carbocycles. The van der Waals surface area contributed by atoms with Gasteiger partial charge in [-0.3, -0.25) is 4.79 Å². The maximum Gasteiger partial charge on any atom is 0.534 e. The average molecular weight is 408 g/mol. The third-order valence-corrected chi connectivity index (χ3v) is 4.24. The van der Waals surface area contributed by atoms with Gasteiger partial charge in [-0.1, -0.05) is 12.1 Å². The molecule has 2 rings (SSSR count). The Morgan fingerprint density at radius 2 is 2.00 bits per heavy atom. The van der Waals surface area contributed by atoms with Crippen molar-refractivity contribution in [3.8, 4) is 5.75 Å². The van der Waals surface area contributed by atoms with E-state index in [1.165, 1.54) is 19.1 Å². The number of rotatable bonds is 7. The van der Waals surface area contributed by atoms with Gasteiger partial charge >= 0.3 is 21.6 Å². The topological polar surface area (TPSA) is 109 Å². The third-order valence-electron chi connectivity index (χ3n) is 3.27. The van der Waals surface area contributed by atoms with Gasteiger partial charge < -0.3 is 13.3 Å². The number of carbonyl (C=O) groups is 1. The fourth-order valence-electron chi connectivity index (χ4n) is 2.14. The fourth-order valence-corrected chi connectivity index (χ4v) is 2.60. The Kier molecular flexibility index (Phi) is 6.08. The van der Waals surface area contributed by atoms with Crippen LogP contribution in [0.15, 0.2) is 28.7 Å². The van der Waals surface area contributed by atoms with Crippen LogP contribution in [0.3, 0.4) is 0 Å². The molecule has 12 heteroatoms. The molecule has 0 radical (unpaired) electrons. The highest BCUT2D eigenvalue weighted by molar-refractivity contribution is 7.88. The van der Waals surface area contributed by atoms with Crippen molar-refractivity contribution < 1.29 is 39.7 Å². The highest BCUT2D eigenvalue weighted by atomic mass is 32.2. The number of halogens is 3. The van der Waals surface area contributed by atoms with E-state index in [0.29, 0.717) is 0 Å². The summed E-state index contributed by atoms with van der Waals surface area (Å²) < 4.78 is 74.1. The van der Waals surface area contributed by atoms with Crippen molar-refractivity contribution in [2.24, 2.45) is 0 Å². The molecule has 2 aromatic rings. The van der Waals surface area contributed by atoms with Gasteiger partial charge in [-0.15, -0.1) is 10.2 Å². The van der Waals surface area contributed by atoms with Gasteiger partial charge in [-0.05, 0) is 24.6 Å². The summed E-state index contributed by atoms with van der Waals surface area (Å²) in [6, 6.07) is 4.81. The number of hydrogen-bond acceptors (Lipinski definition) is 8. The Morgan fingerprint density at radius 1 is 1.30 bits per heavy atom. The van der Waals surface area contributed by atoms with Gasteiger partial charge in [0.2, 0.25) is 11.8 Å². The summed E-state index contributed by atoms with van der Waals surface area (Å²) in [5, 5.41) is 7.47.